The molecular formula is C10H8F3N2O+. The number of alkyl halides is 3. The molecule has 2 N–H and O–H groups in total. The lowest BCUT2D eigenvalue weighted by atomic mass is 10.2. The number of benzene rings is 1. The zero-order valence-corrected chi connectivity index (χ0v) is 8.26. The number of halogens is 3. The number of rotatable bonds is 0. The molecule has 0 fully saturated rings. The molecule has 0 radical (unpaired) electrons. The largest absolute Gasteiger partial charge is 0.577 e. The lowest BCUT2D eigenvalue weighted by molar-refractivity contribution is -0.137. The monoisotopic (exact) mass is 229 g/mol. The highest BCUT2D eigenvalue weighted by Crippen LogP contribution is 2.31. The third kappa shape index (κ3) is 1.78. The fraction of sp³-hybridized carbons (Fsp3) is 0.200. The maximum absolute atomic E-state index is 12.4. The molecule has 2 aromatic rings. The van der Waals surface area contributed by atoms with Crippen LogP contribution in [0.25, 0.3) is 11.0 Å². The second-order valence-electron chi connectivity index (χ2n) is 3.36. The minimum absolute atomic E-state index is 0.0211. The molecule has 0 aliphatic heterocycles. The first kappa shape index (κ1) is 10.7. The molecule has 2 rings (SSSR count). The van der Waals surface area contributed by atoms with Gasteiger partial charge < -0.3 is 5.11 Å². The molecule has 0 aliphatic rings. The van der Waals surface area contributed by atoms with Crippen molar-refractivity contribution in [1.82, 2.24) is 9.97 Å². The van der Waals surface area contributed by atoms with Crippen molar-refractivity contribution in [3.8, 4) is 5.88 Å². The van der Waals surface area contributed by atoms with Gasteiger partial charge in [0.05, 0.1) is 16.6 Å². The average Bonchev–Trinajstić information content (AvgIpc) is 2.17. The van der Waals surface area contributed by atoms with E-state index in [0.717, 1.165) is 12.1 Å². The summed E-state index contributed by atoms with van der Waals surface area (Å²) in [5.41, 5.74) is 0.00480. The lowest BCUT2D eigenvalue weighted by Crippen LogP contribution is -2.05. The number of hydrogen-bond donors (Lipinski definition) is 0. The molecular weight excluding hydrogens is 221 g/mol. The van der Waals surface area contributed by atoms with Gasteiger partial charge in [-0.05, 0) is 25.1 Å². The van der Waals surface area contributed by atoms with Crippen LogP contribution in [-0.4, -0.2) is 15.1 Å². The Kier molecular flexibility index (Phi) is 2.22. The molecule has 0 saturated heterocycles. The van der Waals surface area contributed by atoms with Crippen LogP contribution in [0.2, 0.25) is 0 Å². The molecule has 1 aromatic heterocycles. The fourth-order valence-electron chi connectivity index (χ4n) is 1.32. The standard InChI is InChI=1S/C10H7F3N2O/c1-5-9(16)15-7-3-2-6(10(11,12)13)4-8(7)14-5/h2-4H,1H3,(H,15,16)/p+1. The number of aromatic nitrogens is 2. The van der Waals surface area contributed by atoms with Gasteiger partial charge in [-0.15, -0.1) is 0 Å². The van der Waals surface area contributed by atoms with Crippen LogP contribution in [0.1, 0.15) is 11.3 Å². The Labute approximate surface area is 88.6 Å². The van der Waals surface area contributed by atoms with E-state index in [2.05, 4.69) is 9.97 Å². The van der Waals surface area contributed by atoms with E-state index in [0.29, 0.717) is 11.2 Å². The predicted octanol–water partition coefficient (Wildman–Crippen LogP) is 2.39. The molecule has 0 spiro atoms. The van der Waals surface area contributed by atoms with Crippen LogP contribution in [0.15, 0.2) is 18.2 Å². The van der Waals surface area contributed by atoms with Crippen molar-refractivity contribution in [2.24, 2.45) is 0 Å². The third-order valence-corrected chi connectivity index (χ3v) is 2.17. The summed E-state index contributed by atoms with van der Waals surface area (Å²) < 4.78 is 37.2. The lowest BCUT2D eigenvalue weighted by Gasteiger charge is -2.06. The van der Waals surface area contributed by atoms with Gasteiger partial charge in [0.1, 0.15) is 0 Å². The van der Waals surface area contributed by atoms with Gasteiger partial charge in [0, 0.05) is 0 Å². The molecule has 6 heteroatoms. The van der Waals surface area contributed by atoms with E-state index in [1.54, 1.807) is 0 Å². The second-order valence-corrected chi connectivity index (χ2v) is 3.36. The van der Waals surface area contributed by atoms with Crippen molar-refractivity contribution in [2.45, 2.75) is 13.1 Å². The molecule has 0 amide bonds. The quantitative estimate of drug-likeness (QED) is 0.651. The van der Waals surface area contributed by atoms with Crippen molar-refractivity contribution < 1.29 is 18.3 Å². The summed E-state index contributed by atoms with van der Waals surface area (Å²) in [5.74, 6) is -0.0211. The van der Waals surface area contributed by atoms with Crippen molar-refractivity contribution in [2.75, 3.05) is 0 Å². The second kappa shape index (κ2) is 3.33. The Balaban J connectivity index is 2.67. The Morgan fingerprint density at radius 3 is 2.44 bits per heavy atom. The van der Waals surface area contributed by atoms with E-state index in [1.807, 2.05) is 0 Å². The minimum atomic E-state index is -4.39. The average molecular weight is 229 g/mol. The van der Waals surface area contributed by atoms with Crippen molar-refractivity contribution >= 4 is 11.0 Å². The maximum atomic E-state index is 12.4. The van der Waals surface area contributed by atoms with Gasteiger partial charge in [-0.2, -0.15) is 18.2 Å². The molecule has 0 saturated carbocycles. The van der Waals surface area contributed by atoms with Crippen LogP contribution in [0.3, 0.4) is 0 Å². The summed E-state index contributed by atoms with van der Waals surface area (Å²) >= 11 is 0. The topological polar surface area (TPSA) is 48.7 Å². The molecule has 0 bridgehead atoms. The summed E-state index contributed by atoms with van der Waals surface area (Å²) in [6, 6.07) is 3.10. The summed E-state index contributed by atoms with van der Waals surface area (Å²) in [4.78, 5) is 7.73. The highest BCUT2D eigenvalue weighted by atomic mass is 19.4. The number of aryl methyl sites for hydroxylation is 1. The van der Waals surface area contributed by atoms with Gasteiger partial charge in [0.15, 0.2) is 5.69 Å². The number of hydrogen-bond acceptors (Lipinski definition) is 2. The zero-order chi connectivity index (χ0) is 11.9. The van der Waals surface area contributed by atoms with E-state index < -0.39 is 11.7 Å². The third-order valence-electron chi connectivity index (χ3n) is 2.17. The van der Waals surface area contributed by atoms with Crippen LogP contribution < -0.4 is 0 Å². The highest BCUT2D eigenvalue weighted by Gasteiger charge is 2.30. The summed E-state index contributed by atoms with van der Waals surface area (Å²) in [5, 5.41) is 7.38. The predicted molar refractivity (Wildman–Crippen MR) is 52.3 cm³/mol. The minimum Gasteiger partial charge on any atom is -0.577 e. The normalized spacial score (nSPS) is 12.0. The molecule has 84 valence electrons. The Morgan fingerprint density at radius 1 is 1.12 bits per heavy atom. The van der Waals surface area contributed by atoms with Crippen molar-refractivity contribution in [1.29, 1.82) is 0 Å². The Morgan fingerprint density at radius 2 is 1.81 bits per heavy atom. The fourth-order valence-corrected chi connectivity index (χ4v) is 1.32. The van der Waals surface area contributed by atoms with E-state index in [-0.39, 0.29) is 11.4 Å². The van der Waals surface area contributed by atoms with E-state index in [4.69, 9.17) is 5.11 Å². The van der Waals surface area contributed by atoms with Crippen LogP contribution in [0.5, 0.6) is 5.88 Å². The summed E-state index contributed by atoms with van der Waals surface area (Å²) in [7, 11) is 0. The molecule has 1 aromatic carbocycles. The molecule has 16 heavy (non-hydrogen) atoms. The van der Waals surface area contributed by atoms with E-state index in [9.17, 15) is 13.2 Å². The van der Waals surface area contributed by atoms with Crippen LogP contribution in [-0.2, 0) is 6.18 Å². The number of nitrogens with zero attached hydrogens (tertiary/aromatic N) is 2. The SMILES string of the molecule is Cc1nc2cc(C(F)(F)F)ccc2nc1[OH2+]. The van der Waals surface area contributed by atoms with Crippen LogP contribution in [0, 0.1) is 6.92 Å². The summed E-state index contributed by atoms with van der Waals surface area (Å²) in [6.45, 7) is 1.54. The van der Waals surface area contributed by atoms with Gasteiger partial charge in [0.25, 0.3) is 0 Å². The molecule has 0 atom stereocenters. The van der Waals surface area contributed by atoms with Gasteiger partial charge in [-0.25, -0.2) is 4.98 Å². The Hall–Kier alpha value is -1.85. The van der Waals surface area contributed by atoms with Gasteiger partial charge >= 0.3 is 12.1 Å². The summed E-state index contributed by atoms with van der Waals surface area (Å²) in [6.07, 6.45) is -4.39. The highest BCUT2D eigenvalue weighted by molar-refractivity contribution is 5.75. The molecule has 0 unspecified atom stereocenters. The van der Waals surface area contributed by atoms with Gasteiger partial charge in [0.2, 0.25) is 0 Å². The van der Waals surface area contributed by atoms with Crippen LogP contribution >= 0.6 is 0 Å². The van der Waals surface area contributed by atoms with Crippen LogP contribution in [0.4, 0.5) is 13.2 Å². The Bertz CT molecular complexity index is 551. The first-order valence-corrected chi connectivity index (χ1v) is 4.45. The molecule has 0 aliphatic carbocycles. The molecule has 3 nitrogen and oxygen atoms in total. The van der Waals surface area contributed by atoms with Gasteiger partial charge in [-0.1, -0.05) is 0 Å². The smallest absolute Gasteiger partial charge is 0.416 e. The maximum Gasteiger partial charge on any atom is 0.416 e. The first-order valence-electron chi connectivity index (χ1n) is 4.45. The van der Waals surface area contributed by atoms with E-state index in [1.165, 1.54) is 13.0 Å². The van der Waals surface area contributed by atoms with E-state index >= 15 is 0 Å². The zero-order valence-electron chi connectivity index (χ0n) is 8.26. The van der Waals surface area contributed by atoms with Gasteiger partial charge in [-0.3, -0.25) is 0 Å². The first-order chi connectivity index (χ1) is 7.38. The number of fused-ring (bicyclic) bond motifs is 1. The van der Waals surface area contributed by atoms with Crippen molar-refractivity contribution in [3.05, 3.63) is 29.5 Å². The molecule has 1 heterocycles. The van der Waals surface area contributed by atoms with Crippen molar-refractivity contribution in [3.63, 3.8) is 0 Å².